The van der Waals surface area contributed by atoms with Gasteiger partial charge in [-0.25, -0.2) is 0 Å². The highest BCUT2D eigenvalue weighted by atomic mass is 15.1. The molecule has 0 spiro atoms. The van der Waals surface area contributed by atoms with Crippen LogP contribution in [0.15, 0.2) is 18.2 Å². The zero-order chi connectivity index (χ0) is 12.1. The molecule has 86 valence electrons. The maximum atomic E-state index is 9.10. The normalized spacial score (nSPS) is 10.2. The molecule has 0 aromatic heterocycles. The lowest BCUT2D eigenvalue weighted by Crippen LogP contribution is -2.23. The maximum Gasteiger partial charge on any atom is 0.101 e. The zero-order valence-electron chi connectivity index (χ0n) is 10.2. The van der Waals surface area contributed by atoms with Crippen molar-refractivity contribution in [3.8, 4) is 6.07 Å². The summed E-state index contributed by atoms with van der Waals surface area (Å²) in [6.45, 7) is 5.74. The number of nitrogens with zero attached hydrogens (tertiary/aromatic N) is 2. The molecule has 0 radical (unpaired) electrons. The predicted molar refractivity (Wildman–Crippen MR) is 67.2 cm³/mol. The van der Waals surface area contributed by atoms with Gasteiger partial charge in [-0.15, -0.1) is 0 Å². The van der Waals surface area contributed by atoms with Crippen molar-refractivity contribution in [3.63, 3.8) is 0 Å². The Bertz CT molecular complexity index is 391. The Morgan fingerprint density at radius 2 is 2.12 bits per heavy atom. The van der Waals surface area contributed by atoms with E-state index in [9.17, 15) is 0 Å². The summed E-state index contributed by atoms with van der Waals surface area (Å²) in [7, 11) is 2.01. The highest BCUT2D eigenvalue weighted by Gasteiger charge is 2.09. The average molecular weight is 217 g/mol. The van der Waals surface area contributed by atoms with Crippen LogP contribution in [0.5, 0.6) is 0 Å². The number of hydrogen-bond donors (Lipinski definition) is 1. The van der Waals surface area contributed by atoms with E-state index in [4.69, 9.17) is 11.0 Å². The molecule has 0 amide bonds. The van der Waals surface area contributed by atoms with Crippen molar-refractivity contribution in [1.82, 2.24) is 0 Å². The van der Waals surface area contributed by atoms with E-state index < -0.39 is 0 Å². The fraction of sp³-hybridized carbons (Fsp3) is 0.462. The number of anilines is 1. The van der Waals surface area contributed by atoms with E-state index in [0.29, 0.717) is 18.0 Å². The SMILES string of the molecule is CC(C)CN(C)c1ccc(CN)cc1C#N. The van der Waals surface area contributed by atoms with Crippen LogP contribution in [0.2, 0.25) is 0 Å². The number of nitrogens with two attached hydrogens (primary N) is 1. The molecule has 3 heteroatoms. The van der Waals surface area contributed by atoms with E-state index in [0.717, 1.165) is 17.8 Å². The van der Waals surface area contributed by atoms with Crippen molar-refractivity contribution >= 4 is 5.69 Å². The molecule has 1 rings (SSSR count). The molecule has 0 atom stereocenters. The largest absolute Gasteiger partial charge is 0.373 e. The maximum absolute atomic E-state index is 9.10. The molecule has 1 aromatic carbocycles. The van der Waals surface area contributed by atoms with Crippen molar-refractivity contribution in [1.29, 1.82) is 5.26 Å². The summed E-state index contributed by atoms with van der Waals surface area (Å²) in [4.78, 5) is 2.11. The summed E-state index contributed by atoms with van der Waals surface area (Å²) in [5, 5.41) is 9.10. The van der Waals surface area contributed by atoms with Crippen LogP contribution in [0.1, 0.15) is 25.0 Å². The Balaban J connectivity index is 3.00. The fourth-order valence-corrected chi connectivity index (χ4v) is 1.78. The molecule has 2 N–H and O–H groups in total. The zero-order valence-corrected chi connectivity index (χ0v) is 10.2. The minimum Gasteiger partial charge on any atom is -0.373 e. The Morgan fingerprint density at radius 1 is 1.44 bits per heavy atom. The third-order valence-electron chi connectivity index (χ3n) is 2.47. The van der Waals surface area contributed by atoms with Gasteiger partial charge in [-0.2, -0.15) is 5.26 Å². The fourth-order valence-electron chi connectivity index (χ4n) is 1.78. The van der Waals surface area contributed by atoms with Crippen LogP contribution < -0.4 is 10.6 Å². The molecule has 0 unspecified atom stereocenters. The first-order valence-electron chi connectivity index (χ1n) is 5.52. The van der Waals surface area contributed by atoms with Crippen LogP contribution in [0, 0.1) is 17.2 Å². The van der Waals surface area contributed by atoms with Gasteiger partial charge in [0.15, 0.2) is 0 Å². The van der Waals surface area contributed by atoms with Crippen molar-refractivity contribution in [2.75, 3.05) is 18.5 Å². The molecule has 3 nitrogen and oxygen atoms in total. The number of hydrogen-bond acceptors (Lipinski definition) is 3. The van der Waals surface area contributed by atoms with Gasteiger partial charge in [-0.1, -0.05) is 19.9 Å². The summed E-state index contributed by atoms with van der Waals surface area (Å²) >= 11 is 0. The Labute approximate surface area is 97.5 Å². The van der Waals surface area contributed by atoms with Gasteiger partial charge in [-0.3, -0.25) is 0 Å². The van der Waals surface area contributed by atoms with Gasteiger partial charge in [0.1, 0.15) is 6.07 Å². The number of rotatable bonds is 4. The quantitative estimate of drug-likeness (QED) is 0.840. The third-order valence-corrected chi connectivity index (χ3v) is 2.47. The van der Waals surface area contributed by atoms with E-state index in [-0.39, 0.29) is 0 Å². The molecule has 0 fully saturated rings. The lowest BCUT2D eigenvalue weighted by Gasteiger charge is -2.22. The summed E-state index contributed by atoms with van der Waals surface area (Å²) in [6, 6.07) is 8.05. The van der Waals surface area contributed by atoms with E-state index in [1.807, 2.05) is 25.2 Å². The molecular formula is C13H19N3. The second kappa shape index (κ2) is 5.53. The number of benzene rings is 1. The summed E-state index contributed by atoms with van der Waals surface area (Å²) < 4.78 is 0. The van der Waals surface area contributed by atoms with Gasteiger partial charge >= 0.3 is 0 Å². The monoisotopic (exact) mass is 217 g/mol. The Morgan fingerprint density at radius 3 is 2.62 bits per heavy atom. The molecule has 1 aromatic rings. The van der Waals surface area contributed by atoms with Gasteiger partial charge in [0, 0.05) is 20.1 Å². The van der Waals surface area contributed by atoms with Crippen LogP contribution in [-0.2, 0) is 6.54 Å². The van der Waals surface area contributed by atoms with Gasteiger partial charge < -0.3 is 10.6 Å². The topological polar surface area (TPSA) is 53.0 Å². The first-order chi connectivity index (χ1) is 7.58. The molecule has 0 aliphatic carbocycles. The molecule has 0 heterocycles. The van der Waals surface area contributed by atoms with Gasteiger partial charge in [0.05, 0.1) is 11.3 Å². The van der Waals surface area contributed by atoms with Crippen LogP contribution in [0.3, 0.4) is 0 Å². The summed E-state index contributed by atoms with van der Waals surface area (Å²) in [6.07, 6.45) is 0. The summed E-state index contributed by atoms with van der Waals surface area (Å²) in [5.41, 5.74) is 8.24. The van der Waals surface area contributed by atoms with Gasteiger partial charge in [-0.05, 0) is 23.6 Å². The number of nitriles is 1. The Kier molecular flexibility index (Phi) is 4.33. The van der Waals surface area contributed by atoms with E-state index >= 15 is 0 Å². The molecule has 0 saturated carbocycles. The van der Waals surface area contributed by atoms with Crippen molar-refractivity contribution in [3.05, 3.63) is 29.3 Å². The molecule has 0 saturated heterocycles. The first-order valence-corrected chi connectivity index (χ1v) is 5.52. The molecule has 16 heavy (non-hydrogen) atoms. The smallest absolute Gasteiger partial charge is 0.101 e. The van der Waals surface area contributed by atoms with E-state index in [1.165, 1.54) is 0 Å². The minimum atomic E-state index is 0.475. The molecular weight excluding hydrogens is 198 g/mol. The van der Waals surface area contributed by atoms with Crippen molar-refractivity contribution < 1.29 is 0 Å². The van der Waals surface area contributed by atoms with Gasteiger partial charge in [0.2, 0.25) is 0 Å². The summed E-state index contributed by atoms with van der Waals surface area (Å²) in [5.74, 6) is 0.575. The van der Waals surface area contributed by atoms with Gasteiger partial charge in [0.25, 0.3) is 0 Å². The second-order valence-electron chi connectivity index (χ2n) is 4.44. The molecule has 0 aliphatic rings. The van der Waals surface area contributed by atoms with Crippen LogP contribution in [-0.4, -0.2) is 13.6 Å². The highest BCUT2D eigenvalue weighted by molar-refractivity contribution is 5.60. The highest BCUT2D eigenvalue weighted by Crippen LogP contribution is 2.21. The standard InChI is InChI=1S/C13H19N3/c1-10(2)9-16(3)13-5-4-11(7-14)6-12(13)8-15/h4-6,10H,7,9,14H2,1-3H3. The lowest BCUT2D eigenvalue weighted by molar-refractivity contribution is 0.638. The average Bonchev–Trinajstić information content (AvgIpc) is 2.27. The van der Waals surface area contributed by atoms with E-state index in [2.05, 4.69) is 24.8 Å². The molecule has 0 aliphatic heterocycles. The van der Waals surface area contributed by atoms with Crippen LogP contribution in [0.25, 0.3) is 0 Å². The molecule has 0 bridgehead atoms. The first kappa shape index (κ1) is 12.5. The van der Waals surface area contributed by atoms with Crippen LogP contribution >= 0.6 is 0 Å². The predicted octanol–water partition coefficient (Wildman–Crippen LogP) is 2.11. The van der Waals surface area contributed by atoms with Crippen molar-refractivity contribution in [2.24, 2.45) is 11.7 Å². The van der Waals surface area contributed by atoms with Crippen molar-refractivity contribution in [2.45, 2.75) is 20.4 Å². The lowest BCUT2D eigenvalue weighted by atomic mass is 10.1. The van der Waals surface area contributed by atoms with E-state index in [1.54, 1.807) is 0 Å². The third kappa shape index (κ3) is 2.98. The second-order valence-corrected chi connectivity index (χ2v) is 4.44. The van der Waals surface area contributed by atoms with Crippen LogP contribution in [0.4, 0.5) is 5.69 Å². The Hall–Kier alpha value is -1.53. The minimum absolute atomic E-state index is 0.475.